The lowest BCUT2D eigenvalue weighted by Gasteiger charge is -2.21. The summed E-state index contributed by atoms with van der Waals surface area (Å²) in [6.07, 6.45) is 61.2. The second-order valence-corrected chi connectivity index (χ2v) is 31.3. The van der Waals surface area contributed by atoms with Crippen molar-refractivity contribution in [2.24, 2.45) is 5.92 Å². The summed E-state index contributed by atoms with van der Waals surface area (Å²) < 4.78 is 68.5. The minimum atomic E-state index is -4.96. The van der Waals surface area contributed by atoms with Crippen molar-refractivity contribution in [3.8, 4) is 0 Å². The van der Waals surface area contributed by atoms with Crippen LogP contribution >= 0.6 is 15.6 Å². The number of unbranched alkanes of at least 4 members (excludes halogenated alkanes) is 49. The Morgan fingerprint density at radius 2 is 0.495 bits per heavy atom. The molecule has 0 saturated heterocycles. The molecule has 3 N–H and O–H groups in total. The fourth-order valence-electron chi connectivity index (χ4n) is 12.0. The number of ether oxygens (including phenoxy) is 4. The number of hydrogen-bond acceptors (Lipinski definition) is 15. The third kappa shape index (κ3) is 70.9. The van der Waals surface area contributed by atoms with E-state index in [2.05, 4.69) is 34.6 Å². The number of aliphatic hydroxyl groups excluding tert-OH is 1. The van der Waals surface area contributed by atoms with E-state index in [9.17, 15) is 43.2 Å². The van der Waals surface area contributed by atoms with Gasteiger partial charge in [0, 0.05) is 25.7 Å². The zero-order chi connectivity index (χ0) is 71.2. The molecule has 3 unspecified atom stereocenters. The summed E-state index contributed by atoms with van der Waals surface area (Å²) in [6.45, 7) is 7.25. The molecule has 0 bridgehead atoms. The quantitative estimate of drug-likeness (QED) is 0.0222. The number of phosphoric ester groups is 2. The van der Waals surface area contributed by atoms with E-state index in [4.69, 9.17) is 37.0 Å². The number of rotatable bonds is 78. The van der Waals surface area contributed by atoms with Crippen LogP contribution in [-0.4, -0.2) is 96.7 Å². The lowest BCUT2D eigenvalue weighted by Crippen LogP contribution is -2.30. The molecule has 0 aliphatic rings. The monoisotopic (exact) mass is 1420 g/mol. The van der Waals surface area contributed by atoms with Gasteiger partial charge < -0.3 is 33.8 Å². The van der Waals surface area contributed by atoms with E-state index in [1.807, 2.05) is 0 Å². The Hall–Kier alpha value is -1.94. The number of hydrogen-bond donors (Lipinski definition) is 3. The van der Waals surface area contributed by atoms with Gasteiger partial charge in [-0.15, -0.1) is 0 Å². The van der Waals surface area contributed by atoms with Crippen LogP contribution in [0, 0.1) is 5.92 Å². The normalized spacial score (nSPS) is 14.2. The fourth-order valence-corrected chi connectivity index (χ4v) is 13.6. The molecule has 0 saturated carbocycles. The Labute approximate surface area is 594 Å². The number of carbonyl (C=O) groups is 4. The first-order valence-electron chi connectivity index (χ1n) is 40.7. The molecule has 0 fully saturated rings. The van der Waals surface area contributed by atoms with Gasteiger partial charge >= 0.3 is 39.5 Å². The van der Waals surface area contributed by atoms with Crippen LogP contribution in [0.4, 0.5) is 0 Å². The van der Waals surface area contributed by atoms with Crippen LogP contribution < -0.4 is 0 Å². The molecule has 0 aromatic heterocycles. The summed E-state index contributed by atoms with van der Waals surface area (Å²) in [6, 6.07) is 0. The van der Waals surface area contributed by atoms with Crippen molar-refractivity contribution in [2.45, 2.75) is 432 Å². The predicted octanol–water partition coefficient (Wildman–Crippen LogP) is 23.3. The van der Waals surface area contributed by atoms with Crippen LogP contribution in [0.3, 0.4) is 0 Å². The van der Waals surface area contributed by atoms with Crippen molar-refractivity contribution in [3.05, 3.63) is 0 Å². The number of phosphoric acid groups is 2. The van der Waals surface area contributed by atoms with Gasteiger partial charge in [0.15, 0.2) is 12.2 Å². The van der Waals surface area contributed by atoms with Gasteiger partial charge in [-0.1, -0.05) is 362 Å². The fraction of sp³-hybridized carbons (Fsp3) is 0.949. The predicted molar refractivity (Wildman–Crippen MR) is 395 cm³/mol. The van der Waals surface area contributed by atoms with Crippen molar-refractivity contribution < 1.29 is 80.2 Å². The average Bonchev–Trinajstić information content (AvgIpc) is 1.02. The molecule has 0 amide bonds. The molecule has 576 valence electrons. The molecule has 0 aliphatic heterocycles. The summed E-state index contributed by atoms with van der Waals surface area (Å²) in [4.78, 5) is 72.8. The molecule has 97 heavy (non-hydrogen) atoms. The van der Waals surface area contributed by atoms with Gasteiger partial charge in [0.25, 0.3) is 0 Å². The second-order valence-electron chi connectivity index (χ2n) is 28.3. The van der Waals surface area contributed by atoms with E-state index < -0.39 is 97.5 Å². The molecule has 0 aromatic rings. The highest BCUT2D eigenvalue weighted by Crippen LogP contribution is 2.45. The molecular formula is C78H152O17P2. The van der Waals surface area contributed by atoms with Gasteiger partial charge in [0.1, 0.15) is 19.3 Å². The van der Waals surface area contributed by atoms with E-state index in [-0.39, 0.29) is 25.7 Å². The molecule has 19 heteroatoms. The summed E-state index contributed by atoms with van der Waals surface area (Å²) in [7, 11) is -9.91. The molecule has 0 rings (SSSR count). The Balaban J connectivity index is 5.20. The van der Waals surface area contributed by atoms with Crippen molar-refractivity contribution in [3.63, 3.8) is 0 Å². The highest BCUT2D eigenvalue weighted by atomic mass is 31.2. The first-order valence-corrected chi connectivity index (χ1v) is 43.7. The molecular weight excluding hydrogens is 1270 g/mol. The number of esters is 4. The van der Waals surface area contributed by atoms with Crippen LogP contribution in [0.5, 0.6) is 0 Å². The van der Waals surface area contributed by atoms with Crippen LogP contribution in [0.2, 0.25) is 0 Å². The Morgan fingerprint density at radius 3 is 0.732 bits per heavy atom. The molecule has 0 aromatic carbocycles. The summed E-state index contributed by atoms with van der Waals surface area (Å²) in [5, 5.41) is 10.6. The number of carbonyl (C=O) groups excluding carboxylic acids is 4. The van der Waals surface area contributed by atoms with Crippen molar-refractivity contribution in [1.82, 2.24) is 0 Å². The highest BCUT2D eigenvalue weighted by molar-refractivity contribution is 7.47. The van der Waals surface area contributed by atoms with E-state index in [1.165, 1.54) is 238 Å². The SMILES string of the molecule is CCCCCCCCCCCCCCCCCCCCCCC(=O)O[C@H](COC(=O)CCCCCCCCCCCCCCCCCCC)COP(=O)(O)OC[C@@H](O)COP(=O)(O)OC[C@@H](COC(=O)CCCCCCCCCCCC)OC(=O)CCCCCCCCC(C)CC. The van der Waals surface area contributed by atoms with Crippen LogP contribution in [-0.2, 0) is 65.4 Å². The maximum Gasteiger partial charge on any atom is 0.472 e. The van der Waals surface area contributed by atoms with Gasteiger partial charge in [-0.25, -0.2) is 9.13 Å². The van der Waals surface area contributed by atoms with E-state index in [0.29, 0.717) is 25.7 Å². The minimum absolute atomic E-state index is 0.104. The first-order chi connectivity index (χ1) is 47.1. The maximum absolute atomic E-state index is 13.1. The lowest BCUT2D eigenvalue weighted by atomic mass is 10.00. The zero-order valence-electron chi connectivity index (χ0n) is 63.2. The van der Waals surface area contributed by atoms with Gasteiger partial charge in [-0.05, 0) is 31.6 Å². The standard InChI is InChI=1S/C78H152O17P2/c1-6-10-13-16-19-22-25-27-29-31-32-33-35-37-39-41-44-47-53-58-63-77(82)94-73(67-88-76(81)62-57-52-46-43-40-38-36-34-30-28-26-23-20-17-14-11-7-2)69-92-96(84,85)90-65-72(79)66-91-97(86,87)93-70-74(95-78(83)64-59-54-49-48-50-55-60-71(5)9-4)68-89-75(80)61-56-51-45-42-24-21-18-15-12-8-3/h71-74,79H,6-70H2,1-5H3,(H,84,85)(H,86,87)/t71?,72-,73-,74-/m1/s1. The topological polar surface area (TPSA) is 237 Å². The second kappa shape index (κ2) is 71.1. The van der Waals surface area contributed by atoms with Gasteiger partial charge in [0.05, 0.1) is 26.4 Å². The zero-order valence-corrected chi connectivity index (χ0v) is 65.0. The Kier molecular flexibility index (Phi) is 69.6. The van der Waals surface area contributed by atoms with Gasteiger partial charge in [-0.2, -0.15) is 0 Å². The first kappa shape index (κ1) is 95.1. The third-order valence-corrected chi connectivity index (χ3v) is 20.5. The Bertz CT molecular complexity index is 1860. The van der Waals surface area contributed by atoms with E-state index >= 15 is 0 Å². The summed E-state index contributed by atoms with van der Waals surface area (Å²) in [5.74, 6) is -1.39. The molecule has 0 heterocycles. The van der Waals surface area contributed by atoms with Crippen LogP contribution in [0.1, 0.15) is 413 Å². The molecule has 0 spiro atoms. The smallest absolute Gasteiger partial charge is 0.462 e. The maximum atomic E-state index is 13.1. The minimum Gasteiger partial charge on any atom is -0.462 e. The summed E-state index contributed by atoms with van der Waals surface area (Å²) >= 11 is 0. The van der Waals surface area contributed by atoms with Gasteiger partial charge in [-0.3, -0.25) is 37.3 Å². The lowest BCUT2D eigenvalue weighted by molar-refractivity contribution is -0.161. The van der Waals surface area contributed by atoms with Crippen molar-refractivity contribution >= 4 is 39.5 Å². The highest BCUT2D eigenvalue weighted by Gasteiger charge is 2.30. The van der Waals surface area contributed by atoms with Crippen molar-refractivity contribution in [2.75, 3.05) is 39.6 Å². The largest absolute Gasteiger partial charge is 0.472 e. The van der Waals surface area contributed by atoms with Crippen molar-refractivity contribution in [1.29, 1.82) is 0 Å². The van der Waals surface area contributed by atoms with Crippen LogP contribution in [0.25, 0.3) is 0 Å². The third-order valence-electron chi connectivity index (χ3n) is 18.6. The Morgan fingerprint density at radius 1 is 0.289 bits per heavy atom. The molecule has 6 atom stereocenters. The van der Waals surface area contributed by atoms with E-state index in [1.54, 1.807) is 0 Å². The summed E-state index contributed by atoms with van der Waals surface area (Å²) in [5.41, 5.74) is 0. The molecule has 17 nitrogen and oxygen atoms in total. The van der Waals surface area contributed by atoms with Crippen LogP contribution in [0.15, 0.2) is 0 Å². The van der Waals surface area contributed by atoms with E-state index in [0.717, 1.165) is 95.8 Å². The molecule has 0 aliphatic carbocycles. The van der Waals surface area contributed by atoms with Gasteiger partial charge in [0.2, 0.25) is 0 Å². The number of aliphatic hydroxyl groups is 1. The molecule has 0 radical (unpaired) electrons. The average molecular weight is 1420 g/mol.